The average molecular weight is 342 g/mol. The van der Waals surface area contributed by atoms with Crippen LogP contribution in [-0.2, 0) is 11.3 Å². The summed E-state index contributed by atoms with van der Waals surface area (Å²) in [6.07, 6.45) is 3.01. The third kappa shape index (κ3) is 3.71. The molecule has 1 aliphatic heterocycles. The molecule has 1 amide bonds. The molecule has 1 fully saturated rings. The number of ether oxygens (including phenoxy) is 1. The summed E-state index contributed by atoms with van der Waals surface area (Å²) >= 11 is 0. The number of likely N-dealkylation sites (N-methyl/N-ethyl adjacent to an activating group) is 1. The van der Waals surface area contributed by atoms with E-state index in [4.69, 9.17) is 4.74 Å². The van der Waals surface area contributed by atoms with Gasteiger partial charge in [-0.2, -0.15) is 0 Å². The fourth-order valence-electron chi connectivity index (χ4n) is 3.13. The summed E-state index contributed by atoms with van der Waals surface area (Å²) in [5.41, 5.74) is 0.648. The van der Waals surface area contributed by atoms with E-state index >= 15 is 0 Å². The van der Waals surface area contributed by atoms with Crippen molar-refractivity contribution in [3.63, 3.8) is 0 Å². The summed E-state index contributed by atoms with van der Waals surface area (Å²) in [5, 5.41) is 0. The predicted octanol–water partition coefficient (Wildman–Crippen LogP) is 0.767. The molecule has 0 aliphatic carbocycles. The second kappa shape index (κ2) is 7.48. The van der Waals surface area contributed by atoms with Gasteiger partial charge in [0.1, 0.15) is 12.3 Å². The number of carbonyl (C=O) groups is 1. The molecular weight excluding hydrogens is 320 g/mol. The Morgan fingerprint density at radius 1 is 1.28 bits per heavy atom. The summed E-state index contributed by atoms with van der Waals surface area (Å²) in [7, 11) is 3.70. The van der Waals surface area contributed by atoms with Crippen molar-refractivity contribution >= 4 is 5.91 Å². The zero-order valence-electron chi connectivity index (χ0n) is 14.5. The van der Waals surface area contributed by atoms with Gasteiger partial charge in [0.2, 0.25) is 5.91 Å². The van der Waals surface area contributed by atoms with Crippen molar-refractivity contribution in [2.24, 2.45) is 0 Å². The van der Waals surface area contributed by atoms with Gasteiger partial charge in [-0.1, -0.05) is 18.2 Å². The minimum atomic E-state index is -0.411. The van der Waals surface area contributed by atoms with Gasteiger partial charge >= 0.3 is 5.69 Å². The number of piperazine rings is 1. The number of amides is 1. The van der Waals surface area contributed by atoms with Crippen molar-refractivity contribution in [1.82, 2.24) is 19.4 Å². The number of carbonyl (C=O) groups excluding carboxylic acids is 1. The van der Waals surface area contributed by atoms with E-state index < -0.39 is 5.69 Å². The molecule has 25 heavy (non-hydrogen) atoms. The normalized spacial score (nSPS) is 18.2. The maximum atomic E-state index is 12.6. The number of benzene rings is 1. The molecule has 3 rings (SSSR count). The SMILES string of the molecule is COc1ccccc1C1CN(C(=O)Cn2cccnc2=O)CCN1C. The van der Waals surface area contributed by atoms with E-state index in [1.165, 1.54) is 10.8 Å². The molecule has 2 heterocycles. The number of rotatable bonds is 4. The fraction of sp³-hybridized carbons (Fsp3) is 0.389. The van der Waals surface area contributed by atoms with Gasteiger partial charge in [0.25, 0.3) is 0 Å². The van der Waals surface area contributed by atoms with Gasteiger partial charge in [-0.25, -0.2) is 9.78 Å². The second-order valence-electron chi connectivity index (χ2n) is 6.11. The van der Waals surface area contributed by atoms with E-state index in [0.717, 1.165) is 17.9 Å². The minimum Gasteiger partial charge on any atom is -0.496 e. The van der Waals surface area contributed by atoms with Crippen LogP contribution in [-0.4, -0.2) is 59.0 Å². The number of methoxy groups -OCH3 is 1. The summed E-state index contributed by atoms with van der Waals surface area (Å²) in [4.78, 5) is 32.1. The number of hydrogen-bond donors (Lipinski definition) is 0. The van der Waals surface area contributed by atoms with Gasteiger partial charge in [-0.15, -0.1) is 0 Å². The van der Waals surface area contributed by atoms with Crippen LogP contribution in [0.5, 0.6) is 5.75 Å². The Morgan fingerprint density at radius 3 is 2.84 bits per heavy atom. The van der Waals surface area contributed by atoms with Crippen molar-refractivity contribution in [2.45, 2.75) is 12.6 Å². The van der Waals surface area contributed by atoms with E-state index in [9.17, 15) is 9.59 Å². The Labute approximate surface area is 146 Å². The summed E-state index contributed by atoms with van der Waals surface area (Å²) < 4.78 is 6.80. The maximum Gasteiger partial charge on any atom is 0.347 e. The summed E-state index contributed by atoms with van der Waals surface area (Å²) in [5.74, 6) is 0.736. The standard InChI is InChI=1S/C18H22N4O3/c1-20-10-11-21(17(23)13-22-9-5-8-19-18(22)24)12-15(20)14-6-3-4-7-16(14)25-2/h3-9,15H,10-13H2,1-2H3. The first kappa shape index (κ1) is 17.2. The highest BCUT2D eigenvalue weighted by atomic mass is 16.5. The molecule has 1 aromatic carbocycles. The number of aromatic nitrogens is 2. The lowest BCUT2D eigenvalue weighted by molar-refractivity contribution is -0.134. The number of nitrogens with zero attached hydrogens (tertiary/aromatic N) is 4. The first-order valence-electron chi connectivity index (χ1n) is 8.22. The molecule has 0 radical (unpaired) electrons. The van der Waals surface area contributed by atoms with Crippen LogP contribution < -0.4 is 10.4 Å². The molecular formula is C18H22N4O3. The monoisotopic (exact) mass is 342 g/mol. The zero-order valence-corrected chi connectivity index (χ0v) is 14.5. The lowest BCUT2D eigenvalue weighted by Gasteiger charge is -2.40. The van der Waals surface area contributed by atoms with Crippen molar-refractivity contribution < 1.29 is 9.53 Å². The molecule has 0 saturated carbocycles. The van der Waals surface area contributed by atoms with Crippen LogP contribution in [0.3, 0.4) is 0 Å². The highest BCUT2D eigenvalue weighted by Gasteiger charge is 2.30. The summed E-state index contributed by atoms with van der Waals surface area (Å²) in [6, 6.07) is 9.57. The molecule has 0 N–H and O–H groups in total. The Hall–Kier alpha value is -2.67. The molecule has 1 unspecified atom stereocenters. The first-order valence-corrected chi connectivity index (χ1v) is 8.22. The zero-order chi connectivity index (χ0) is 17.8. The molecule has 132 valence electrons. The van der Waals surface area contributed by atoms with Crippen LogP contribution in [0, 0.1) is 0 Å². The lowest BCUT2D eigenvalue weighted by Crippen LogP contribution is -2.50. The van der Waals surface area contributed by atoms with Gasteiger partial charge < -0.3 is 9.64 Å². The minimum absolute atomic E-state index is 0.00896. The van der Waals surface area contributed by atoms with Gasteiger partial charge in [0.15, 0.2) is 0 Å². The quantitative estimate of drug-likeness (QED) is 0.821. The van der Waals surface area contributed by atoms with E-state index in [1.54, 1.807) is 24.3 Å². The van der Waals surface area contributed by atoms with E-state index in [0.29, 0.717) is 13.1 Å². The Kier molecular flexibility index (Phi) is 5.14. The molecule has 7 nitrogen and oxygen atoms in total. The van der Waals surface area contributed by atoms with Crippen molar-refractivity contribution in [1.29, 1.82) is 0 Å². The molecule has 0 bridgehead atoms. The highest BCUT2D eigenvalue weighted by Crippen LogP contribution is 2.31. The highest BCUT2D eigenvalue weighted by molar-refractivity contribution is 5.76. The van der Waals surface area contributed by atoms with Gasteiger partial charge in [-0.3, -0.25) is 14.3 Å². The van der Waals surface area contributed by atoms with Crippen molar-refractivity contribution in [3.05, 3.63) is 58.8 Å². The fourth-order valence-corrected chi connectivity index (χ4v) is 3.13. The van der Waals surface area contributed by atoms with Crippen LogP contribution in [0.25, 0.3) is 0 Å². The molecule has 0 spiro atoms. The molecule has 1 atom stereocenters. The van der Waals surface area contributed by atoms with Crippen molar-refractivity contribution in [3.8, 4) is 5.75 Å². The van der Waals surface area contributed by atoms with E-state index in [-0.39, 0.29) is 18.5 Å². The average Bonchev–Trinajstić information content (AvgIpc) is 2.64. The largest absolute Gasteiger partial charge is 0.496 e. The summed E-state index contributed by atoms with van der Waals surface area (Å²) in [6.45, 7) is 1.96. The van der Waals surface area contributed by atoms with Gasteiger partial charge in [0.05, 0.1) is 13.2 Å². The first-order chi connectivity index (χ1) is 12.1. The maximum absolute atomic E-state index is 12.6. The van der Waals surface area contributed by atoms with Crippen LogP contribution in [0.2, 0.25) is 0 Å². The molecule has 7 heteroatoms. The second-order valence-corrected chi connectivity index (χ2v) is 6.11. The smallest absolute Gasteiger partial charge is 0.347 e. The van der Waals surface area contributed by atoms with Gasteiger partial charge in [-0.05, 0) is 19.2 Å². The Morgan fingerprint density at radius 2 is 2.08 bits per heavy atom. The Bertz CT molecular complexity index is 805. The third-order valence-electron chi connectivity index (χ3n) is 4.59. The van der Waals surface area contributed by atoms with Gasteiger partial charge in [0, 0.05) is 37.6 Å². The predicted molar refractivity (Wildman–Crippen MR) is 93.4 cm³/mol. The Balaban J connectivity index is 1.77. The topological polar surface area (TPSA) is 67.7 Å². The lowest BCUT2D eigenvalue weighted by atomic mass is 10.0. The third-order valence-corrected chi connectivity index (χ3v) is 4.59. The molecule has 1 saturated heterocycles. The van der Waals surface area contributed by atoms with Crippen LogP contribution >= 0.6 is 0 Å². The number of para-hydroxylation sites is 1. The molecule has 1 aromatic heterocycles. The van der Waals surface area contributed by atoms with Crippen LogP contribution in [0.4, 0.5) is 0 Å². The van der Waals surface area contributed by atoms with Crippen molar-refractivity contribution in [2.75, 3.05) is 33.8 Å². The van der Waals surface area contributed by atoms with Crippen LogP contribution in [0.15, 0.2) is 47.5 Å². The van der Waals surface area contributed by atoms with E-state index in [1.807, 2.05) is 31.3 Å². The van der Waals surface area contributed by atoms with Crippen LogP contribution in [0.1, 0.15) is 11.6 Å². The molecule has 1 aliphatic rings. The van der Waals surface area contributed by atoms with E-state index in [2.05, 4.69) is 9.88 Å². The number of hydrogen-bond acceptors (Lipinski definition) is 5. The molecule has 2 aromatic rings.